The van der Waals surface area contributed by atoms with Gasteiger partial charge in [-0.25, -0.2) is 27.5 Å². The molecule has 198 valence electrons. The second-order valence-corrected chi connectivity index (χ2v) is 10.4. The molecule has 2 aliphatic rings. The quantitative estimate of drug-likeness (QED) is 0.447. The van der Waals surface area contributed by atoms with Crippen molar-refractivity contribution in [3.8, 4) is 11.5 Å². The van der Waals surface area contributed by atoms with Crippen molar-refractivity contribution in [2.24, 2.45) is 4.36 Å². The molecular formula is C24H25F3N4O5S. The Morgan fingerprint density at radius 3 is 2.73 bits per heavy atom. The van der Waals surface area contributed by atoms with E-state index in [4.69, 9.17) is 18.9 Å². The number of hydrogen-bond acceptors (Lipinski definition) is 9. The molecule has 3 aromatic rings. The Hall–Kier alpha value is -3.00. The SMILES string of the molecule is CS(C)=Nc1cc(OCC(F)F)c2c(Nc3ccc(F)cc3O[C@@H]3CO[C@@H]4C(O)COC43)ncnc2c1. The number of aromatic nitrogens is 2. The summed E-state index contributed by atoms with van der Waals surface area (Å²) in [5.74, 6) is 0.0127. The highest BCUT2D eigenvalue weighted by atomic mass is 32.2. The molecule has 2 aliphatic heterocycles. The molecule has 0 amide bonds. The summed E-state index contributed by atoms with van der Waals surface area (Å²) in [6.07, 6.45) is 0.133. The lowest BCUT2D eigenvalue weighted by molar-refractivity contribution is 0.00871. The Morgan fingerprint density at radius 1 is 1.14 bits per heavy atom. The van der Waals surface area contributed by atoms with Gasteiger partial charge in [0.15, 0.2) is 6.10 Å². The standard InChI is InChI=1S/C24H25F3N4O5S/c1-37(2)31-13-6-15-21(18(7-13)33-10-20(26)27)24(29-11-28-15)30-14-4-3-12(25)5-17(14)36-19-9-35-22-16(32)8-34-23(19)22/h3-7,11,16,19-20,22-23,32H,8-10H2,1-2H3,(H,28,29,30)/t16?,19-,22-,23?/m1/s1. The summed E-state index contributed by atoms with van der Waals surface area (Å²) >= 11 is 0. The van der Waals surface area contributed by atoms with Crippen LogP contribution in [0.4, 0.5) is 30.4 Å². The summed E-state index contributed by atoms with van der Waals surface area (Å²) in [7, 11) is -0.306. The highest BCUT2D eigenvalue weighted by Crippen LogP contribution is 2.39. The van der Waals surface area contributed by atoms with Crippen LogP contribution >= 0.6 is 0 Å². The molecule has 2 saturated heterocycles. The van der Waals surface area contributed by atoms with Gasteiger partial charge in [-0.2, -0.15) is 0 Å². The summed E-state index contributed by atoms with van der Waals surface area (Å²) in [4.78, 5) is 8.57. The van der Waals surface area contributed by atoms with Crippen LogP contribution < -0.4 is 14.8 Å². The molecule has 37 heavy (non-hydrogen) atoms. The number of rotatable bonds is 8. The van der Waals surface area contributed by atoms with E-state index in [0.29, 0.717) is 22.3 Å². The van der Waals surface area contributed by atoms with Crippen molar-refractivity contribution in [2.75, 3.05) is 37.6 Å². The second kappa shape index (κ2) is 10.8. The third kappa shape index (κ3) is 5.64. The zero-order chi connectivity index (χ0) is 26.1. The molecule has 2 aromatic carbocycles. The number of anilines is 2. The van der Waals surface area contributed by atoms with E-state index in [1.165, 1.54) is 24.5 Å². The summed E-state index contributed by atoms with van der Waals surface area (Å²) < 4.78 is 67.4. The van der Waals surface area contributed by atoms with Crippen molar-refractivity contribution >= 4 is 38.8 Å². The Bertz CT molecular complexity index is 1330. The number of fused-ring (bicyclic) bond motifs is 2. The first-order valence-corrected chi connectivity index (χ1v) is 13.4. The van der Waals surface area contributed by atoms with E-state index >= 15 is 0 Å². The number of hydrogen-bond donors (Lipinski definition) is 2. The minimum Gasteiger partial charge on any atom is -0.487 e. The lowest BCUT2D eigenvalue weighted by Crippen LogP contribution is -2.34. The van der Waals surface area contributed by atoms with Crippen molar-refractivity contribution in [1.29, 1.82) is 0 Å². The van der Waals surface area contributed by atoms with Crippen LogP contribution in [0.5, 0.6) is 11.5 Å². The zero-order valence-electron chi connectivity index (χ0n) is 19.9. The van der Waals surface area contributed by atoms with Gasteiger partial charge >= 0.3 is 0 Å². The van der Waals surface area contributed by atoms with Crippen LogP contribution in [0.25, 0.3) is 10.9 Å². The summed E-state index contributed by atoms with van der Waals surface area (Å²) in [6.45, 7) is -0.533. The minimum absolute atomic E-state index is 0.128. The van der Waals surface area contributed by atoms with Gasteiger partial charge in [0.1, 0.15) is 54.4 Å². The predicted molar refractivity (Wildman–Crippen MR) is 132 cm³/mol. The number of benzene rings is 2. The fourth-order valence-electron chi connectivity index (χ4n) is 4.30. The van der Waals surface area contributed by atoms with E-state index in [1.54, 1.807) is 12.1 Å². The molecule has 2 N–H and O–H groups in total. The van der Waals surface area contributed by atoms with Gasteiger partial charge in [-0.05, 0) is 30.7 Å². The van der Waals surface area contributed by atoms with Crippen molar-refractivity contribution in [2.45, 2.75) is 30.8 Å². The number of aliphatic hydroxyl groups is 1. The molecule has 4 atom stereocenters. The van der Waals surface area contributed by atoms with Crippen molar-refractivity contribution in [3.63, 3.8) is 0 Å². The second-order valence-electron chi connectivity index (χ2n) is 8.71. The molecule has 13 heteroatoms. The molecule has 2 fully saturated rings. The first-order valence-electron chi connectivity index (χ1n) is 11.4. The molecule has 5 rings (SSSR count). The molecule has 0 aliphatic carbocycles. The first-order chi connectivity index (χ1) is 17.8. The van der Waals surface area contributed by atoms with E-state index in [9.17, 15) is 18.3 Å². The Morgan fingerprint density at radius 2 is 1.95 bits per heavy atom. The topological polar surface area (TPSA) is 107 Å². The van der Waals surface area contributed by atoms with Crippen LogP contribution in [0.2, 0.25) is 0 Å². The normalized spacial score (nSPS) is 23.0. The maximum absolute atomic E-state index is 14.2. The first kappa shape index (κ1) is 25.6. The molecular weight excluding hydrogens is 513 g/mol. The number of nitrogens with one attached hydrogen (secondary N) is 1. The maximum Gasteiger partial charge on any atom is 0.272 e. The van der Waals surface area contributed by atoms with E-state index in [-0.39, 0.29) is 41.2 Å². The number of aliphatic hydroxyl groups excluding tert-OH is 1. The molecule has 0 bridgehead atoms. The van der Waals surface area contributed by atoms with Crippen molar-refractivity contribution in [3.05, 3.63) is 42.5 Å². The average molecular weight is 539 g/mol. The Balaban J connectivity index is 1.50. The van der Waals surface area contributed by atoms with Gasteiger partial charge in [-0.3, -0.25) is 0 Å². The molecule has 3 heterocycles. The zero-order valence-corrected chi connectivity index (χ0v) is 20.8. The van der Waals surface area contributed by atoms with Crippen LogP contribution in [-0.4, -0.2) is 78.2 Å². The smallest absolute Gasteiger partial charge is 0.272 e. The lowest BCUT2D eigenvalue weighted by Gasteiger charge is -2.21. The third-order valence-electron chi connectivity index (χ3n) is 5.80. The van der Waals surface area contributed by atoms with Gasteiger partial charge in [-0.15, -0.1) is 10.7 Å². The number of alkyl halides is 2. The molecule has 1 aromatic heterocycles. The Kier molecular flexibility index (Phi) is 7.47. The fourth-order valence-corrected chi connectivity index (χ4v) is 4.82. The molecule has 0 spiro atoms. The van der Waals surface area contributed by atoms with Crippen molar-refractivity contribution in [1.82, 2.24) is 9.97 Å². The summed E-state index contributed by atoms with van der Waals surface area (Å²) in [5, 5.41) is 13.5. The fraction of sp³-hybridized carbons (Fsp3) is 0.417. The predicted octanol–water partition coefficient (Wildman–Crippen LogP) is 3.76. The minimum atomic E-state index is -2.69. The summed E-state index contributed by atoms with van der Waals surface area (Å²) in [5.41, 5.74) is 1.33. The third-order valence-corrected chi connectivity index (χ3v) is 6.37. The van der Waals surface area contributed by atoms with Gasteiger partial charge in [-0.1, -0.05) is 0 Å². The van der Waals surface area contributed by atoms with Crippen LogP contribution in [-0.2, 0) is 20.2 Å². The van der Waals surface area contributed by atoms with Crippen LogP contribution in [0.15, 0.2) is 41.0 Å². The van der Waals surface area contributed by atoms with E-state index in [2.05, 4.69) is 19.6 Å². The largest absolute Gasteiger partial charge is 0.487 e. The number of nitrogens with zero attached hydrogens (tertiary/aromatic N) is 3. The number of halogens is 3. The molecule has 9 nitrogen and oxygen atoms in total. The molecule has 0 saturated carbocycles. The van der Waals surface area contributed by atoms with E-state index in [1.807, 2.05) is 12.5 Å². The highest BCUT2D eigenvalue weighted by Gasteiger charge is 2.48. The number of ether oxygens (including phenoxy) is 4. The monoisotopic (exact) mass is 538 g/mol. The van der Waals surface area contributed by atoms with Crippen molar-refractivity contribution < 1.29 is 37.2 Å². The summed E-state index contributed by atoms with van der Waals surface area (Å²) in [6, 6.07) is 7.20. The highest BCUT2D eigenvalue weighted by molar-refractivity contribution is 7.85. The van der Waals surface area contributed by atoms with Gasteiger partial charge < -0.3 is 29.4 Å². The van der Waals surface area contributed by atoms with Gasteiger partial charge in [0, 0.05) is 12.1 Å². The van der Waals surface area contributed by atoms with Crippen LogP contribution in [0.1, 0.15) is 0 Å². The maximum atomic E-state index is 14.2. The van der Waals surface area contributed by atoms with Gasteiger partial charge in [0.05, 0.1) is 35.5 Å². The van der Waals surface area contributed by atoms with E-state index < -0.39 is 43.3 Å². The molecule has 0 radical (unpaired) electrons. The lowest BCUT2D eigenvalue weighted by atomic mass is 10.1. The van der Waals surface area contributed by atoms with Gasteiger partial charge in [0.2, 0.25) is 0 Å². The van der Waals surface area contributed by atoms with Crippen LogP contribution in [0, 0.1) is 5.82 Å². The Labute approximate surface area is 213 Å². The van der Waals surface area contributed by atoms with Gasteiger partial charge in [0.25, 0.3) is 6.43 Å². The van der Waals surface area contributed by atoms with E-state index in [0.717, 1.165) is 0 Å². The average Bonchev–Trinajstić information content (AvgIpc) is 3.41. The molecule has 2 unspecified atom stereocenters. The van der Waals surface area contributed by atoms with Crippen LogP contribution in [0.3, 0.4) is 0 Å².